The molecule has 1 fully saturated rings. The molecule has 3 nitrogen and oxygen atoms in total. The van der Waals surface area contributed by atoms with Gasteiger partial charge in [0.25, 0.3) is 9.24 Å². The SMILES string of the molecule is O=S(=O)(Cl)N1CCc2sccc2C1C1CC1. The van der Waals surface area contributed by atoms with Crippen LogP contribution < -0.4 is 0 Å². The average molecular weight is 278 g/mol. The number of thiophene rings is 1. The van der Waals surface area contributed by atoms with Crippen LogP contribution in [-0.4, -0.2) is 19.3 Å². The summed E-state index contributed by atoms with van der Waals surface area (Å²) in [6, 6.07) is 2.05. The molecule has 0 radical (unpaired) electrons. The number of nitrogens with zero attached hydrogens (tertiary/aromatic N) is 1. The lowest BCUT2D eigenvalue weighted by Gasteiger charge is -2.33. The molecular weight excluding hydrogens is 266 g/mol. The van der Waals surface area contributed by atoms with E-state index in [9.17, 15) is 8.42 Å². The van der Waals surface area contributed by atoms with Gasteiger partial charge in [0.2, 0.25) is 0 Å². The third-order valence-corrected chi connectivity index (χ3v) is 5.81. The van der Waals surface area contributed by atoms with E-state index in [1.54, 1.807) is 11.3 Å². The van der Waals surface area contributed by atoms with E-state index >= 15 is 0 Å². The molecule has 2 heterocycles. The van der Waals surface area contributed by atoms with E-state index in [2.05, 4.69) is 6.07 Å². The van der Waals surface area contributed by atoms with Crippen molar-refractivity contribution in [1.82, 2.24) is 4.31 Å². The highest BCUT2D eigenvalue weighted by Gasteiger charge is 2.43. The summed E-state index contributed by atoms with van der Waals surface area (Å²) in [7, 11) is 1.92. The molecule has 0 aromatic carbocycles. The molecule has 1 aromatic rings. The van der Waals surface area contributed by atoms with Gasteiger partial charge in [-0.1, -0.05) is 0 Å². The highest BCUT2D eigenvalue weighted by Crippen LogP contribution is 2.49. The van der Waals surface area contributed by atoms with Gasteiger partial charge >= 0.3 is 0 Å². The molecule has 1 aromatic heterocycles. The molecule has 0 spiro atoms. The first kappa shape index (κ1) is 11.0. The van der Waals surface area contributed by atoms with Gasteiger partial charge in [-0.05, 0) is 42.2 Å². The number of rotatable bonds is 2. The predicted octanol–water partition coefficient (Wildman–Crippen LogP) is 2.54. The fraction of sp³-hybridized carbons (Fsp3) is 0.600. The van der Waals surface area contributed by atoms with Crippen LogP contribution in [0.25, 0.3) is 0 Å². The monoisotopic (exact) mass is 277 g/mol. The van der Waals surface area contributed by atoms with E-state index in [0.717, 1.165) is 19.3 Å². The zero-order valence-corrected chi connectivity index (χ0v) is 11.0. The van der Waals surface area contributed by atoms with Gasteiger partial charge in [-0.25, -0.2) is 0 Å². The summed E-state index contributed by atoms with van der Waals surface area (Å²) in [5, 5.41) is 2.05. The molecule has 0 amide bonds. The molecule has 1 atom stereocenters. The molecule has 0 N–H and O–H groups in total. The van der Waals surface area contributed by atoms with Gasteiger partial charge in [-0.15, -0.1) is 11.3 Å². The Morgan fingerprint density at radius 3 is 2.81 bits per heavy atom. The van der Waals surface area contributed by atoms with Crippen molar-refractivity contribution in [3.63, 3.8) is 0 Å². The van der Waals surface area contributed by atoms with Crippen molar-refractivity contribution in [1.29, 1.82) is 0 Å². The molecule has 0 bridgehead atoms. The first-order valence-electron chi connectivity index (χ1n) is 5.35. The highest BCUT2D eigenvalue weighted by atomic mass is 35.7. The van der Waals surface area contributed by atoms with Crippen LogP contribution in [0.1, 0.15) is 29.3 Å². The van der Waals surface area contributed by atoms with Gasteiger partial charge in [-0.3, -0.25) is 0 Å². The number of halogens is 1. The largest absolute Gasteiger partial charge is 0.300 e. The van der Waals surface area contributed by atoms with Crippen LogP contribution in [0.3, 0.4) is 0 Å². The fourth-order valence-corrected chi connectivity index (χ4v) is 4.71. The van der Waals surface area contributed by atoms with Crippen LogP contribution in [0.5, 0.6) is 0 Å². The summed E-state index contributed by atoms with van der Waals surface area (Å²) >= 11 is 1.72. The van der Waals surface area contributed by atoms with Crippen molar-refractivity contribution >= 4 is 31.3 Å². The molecule has 1 aliphatic carbocycles. The van der Waals surface area contributed by atoms with Crippen LogP contribution in [0.4, 0.5) is 0 Å². The van der Waals surface area contributed by atoms with Crippen LogP contribution in [-0.2, 0) is 15.7 Å². The molecule has 2 aliphatic rings. The van der Waals surface area contributed by atoms with Crippen LogP contribution in [0.15, 0.2) is 11.4 Å². The van der Waals surface area contributed by atoms with Gasteiger partial charge in [0.15, 0.2) is 0 Å². The first-order chi connectivity index (χ1) is 7.57. The van der Waals surface area contributed by atoms with E-state index in [-0.39, 0.29) is 6.04 Å². The Balaban J connectivity index is 2.04. The molecule has 88 valence electrons. The topological polar surface area (TPSA) is 37.4 Å². The Bertz CT molecular complexity index is 507. The molecule has 1 aliphatic heterocycles. The maximum absolute atomic E-state index is 11.6. The average Bonchev–Trinajstić information content (AvgIpc) is 2.92. The summed E-state index contributed by atoms with van der Waals surface area (Å²) in [6.07, 6.45) is 3.02. The Hall–Kier alpha value is -0.100. The lowest BCUT2D eigenvalue weighted by atomic mass is 9.98. The van der Waals surface area contributed by atoms with E-state index in [1.807, 2.05) is 5.38 Å². The lowest BCUT2D eigenvalue weighted by Crippen LogP contribution is -2.38. The summed E-state index contributed by atoms with van der Waals surface area (Å²) in [6.45, 7) is 0.528. The van der Waals surface area contributed by atoms with Crippen LogP contribution in [0, 0.1) is 5.92 Å². The Morgan fingerprint density at radius 2 is 2.19 bits per heavy atom. The summed E-state index contributed by atoms with van der Waals surface area (Å²) in [5.74, 6) is 0.474. The highest BCUT2D eigenvalue weighted by molar-refractivity contribution is 8.11. The number of hydrogen-bond donors (Lipinski definition) is 0. The molecule has 1 unspecified atom stereocenters. The molecular formula is C10H12ClNO2S2. The minimum absolute atomic E-state index is 0.00231. The van der Waals surface area contributed by atoms with Gasteiger partial charge in [0.05, 0.1) is 6.04 Å². The Morgan fingerprint density at radius 1 is 1.44 bits per heavy atom. The summed E-state index contributed by atoms with van der Waals surface area (Å²) < 4.78 is 24.6. The van der Waals surface area contributed by atoms with E-state index < -0.39 is 9.24 Å². The zero-order valence-electron chi connectivity index (χ0n) is 8.60. The Labute approximate surface area is 104 Å². The smallest absolute Gasteiger partial charge is 0.195 e. The van der Waals surface area contributed by atoms with Crippen molar-refractivity contribution in [2.45, 2.75) is 25.3 Å². The molecule has 16 heavy (non-hydrogen) atoms. The van der Waals surface area contributed by atoms with Gasteiger partial charge in [0.1, 0.15) is 0 Å². The minimum atomic E-state index is -3.59. The van der Waals surface area contributed by atoms with Gasteiger partial charge < -0.3 is 0 Å². The minimum Gasteiger partial charge on any atom is -0.195 e. The van der Waals surface area contributed by atoms with Crippen LogP contribution >= 0.6 is 22.0 Å². The number of hydrogen-bond acceptors (Lipinski definition) is 3. The third kappa shape index (κ3) is 1.79. The first-order valence-corrected chi connectivity index (χ1v) is 8.49. The predicted molar refractivity (Wildman–Crippen MR) is 65.0 cm³/mol. The zero-order chi connectivity index (χ0) is 11.3. The van der Waals surface area contributed by atoms with E-state index in [0.29, 0.717) is 12.5 Å². The van der Waals surface area contributed by atoms with Crippen molar-refractivity contribution in [2.24, 2.45) is 5.92 Å². The third-order valence-electron chi connectivity index (χ3n) is 3.32. The summed E-state index contributed by atoms with van der Waals surface area (Å²) in [4.78, 5) is 1.33. The van der Waals surface area contributed by atoms with E-state index in [1.165, 1.54) is 14.7 Å². The van der Waals surface area contributed by atoms with Crippen molar-refractivity contribution in [3.8, 4) is 0 Å². The lowest BCUT2D eigenvalue weighted by molar-refractivity contribution is 0.288. The van der Waals surface area contributed by atoms with Crippen molar-refractivity contribution in [2.75, 3.05) is 6.54 Å². The van der Waals surface area contributed by atoms with Gasteiger partial charge in [0, 0.05) is 22.1 Å². The second-order valence-corrected chi connectivity index (χ2v) is 7.85. The van der Waals surface area contributed by atoms with Crippen molar-refractivity contribution in [3.05, 3.63) is 21.9 Å². The number of fused-ring (bicyclic) bond motifs is 1. The van der Waals surface area contributed by atoms with Crippen molar-refractivity contribution < 1.29 is 8.42 Å². The fourth-order valence-electron chi connectivity index (χ4n) is 2.47. The maximum atomic E-state index is 11.6. The second kappa shape index (κ2) is 3.70. The van der Waals surface area contributed by atoms with Crippen LogP contribution in [0.2, 0.25) is 0 Å². The second-order valence-electron chi connectivity index (χ2n) is 4.38. The molecule has 3 rings (SSSR count). The summed E-state index contributed by atoms with van der Waals surface area (Å²) in [5.41, 5.74) is 1.18. The molecule has 0 saturated heterocycles. The molecule has 1 saturated carbocycles. The standard InChI is InChI=1S/C10H12ClNO2S2/c11-16(13,14)12-5-3-9-8(4-6-15-9)10(12)7-1-2-7/h4,6-7,10H,1-3,5H2. The maximum Gasteiger partial charge on any atom is 0.300 e. The van der Waals surface area contributed by atoms with E-state index in [4.69, 9.17) is 10.7 Å². The molecule has 6 heteroatoms. The quantitative estimate of drug-likeness (QED) is 0.779. The normalized spacial score (nSPS) is 26.7. The van der Waals surface area contributed by atoms with Gasteiger partial charge in [-0.2, -0.15) is 12.7 Å². The Kier molecular flexibility index (Phi) is 2.55.